The Kier molecular flexibility index (Phi) is 4.71. The number of hydrogen-bond acceptors (Lipinski definition) is 5. The van der Waals surface area contributed by atoms with Gasteiger partial charge in [0.15, 0.2) is 0 Å². The van der Waals surface area contributed by atoms with Crippen LogP contribution in [0.5, 0.6) is 5.75 Å². The summed E-state index contributed by atoms with van der Waals surface area (Å²) in [5.41, 5.74) is 1.80. The molecule has 27 heavy (non-hydrogen) atoms. The molecule has 2 aliphatic heterocycles. The van der Waals surface area contributed by atoms with Crippen molar-refractivity contribution in [3.63, 3.8) is 0 Å². The number of nitrogens with zero attached hydrogens (tertiary/aromatic N) is 1. The van der Waals surface area contributed by atoms with Gasteiger partial charge in [-0.25, -0.2) is 4.79 Å². The molecule has 0 bridgehead atoms. The SMILES string of the molecule is CCOC(=O)[C@@H]1CN(C(=O)OCc2ccccc2)[C@H]2c3ccccc3O[C@@H]12. The van der Waals surface area contributed by atoms with Crippen LogP contribution in [0.15, 0.2) is 54.6 Å². The number of para-hydroxylation sites is 1. The van der Waals surface area contributed by atoms with Gasteiger partial charge in [0.05, 0.1) is 6.61 Å². The number of ether oxygens (including phenoxy) is 3. The second-order valence-electron chi connectivity index (χ2n) is 6.62. The smallest absolute Gasteiger partial charge is 0.410 e. The average Bonchev–Trinajstić information content (AvgIpc) is 3.24. The molecule has 0 N–H and O–H groups in total. The van der Waals surface area contributed by atoms with E-state index in [9.17, 15) is 9.59 Å². The molecule has 0 saturated carbocycles. The lowest BCUT2D eigenvalue weighted by Gasteiger charge is -2.22. The molecular formula is C21H21NO5. The molecule has 6 nitrogen and oxygen atoms in total. The first-order chi connectivity index (χ1) is 13.2. The highest BCUT2D eigenvalue weighted by Gasteiger charge is 2.54. The number of carbonyl (C=O) groups excluding carboxylic acids is 2. The quantitative estimate of drug-likeness (QED) is 0.776. The Labute approximate surface area is 157 Å². The number of rotatable bonds is 4. The molecule has 0 radical (unpaired) electrons. The third kappa shape index (κ3) is 3.23. The largest absolute Gasteiger partial charge is 0.487 e. The van der Waals surface area contributed by atoms with E-state index in [-0.39, 0.29) is 31.8 Å². The molecule has 0 spiro atoms. The van der Waals surface area contributed by atoms with Crippen molar-refractivity contribution in [2.24, 2.45) is 5.92 Å². The van der Waals surface area contributed by atoms with Crippen LogP contribution in [-0.2, 0) is 20.9 Å². The fraction of sp³-hybridized carbons (Fsp3) is 0.333. The fourth-order valence-corrected chi connectivity index (χ4v) is 3.75. The lowest BCUT2D eigenvalue weighted by Crippen LogP contribution is -2.32. The van der Waals surface area contributed by atoms with Crippen molar-refractivity contribution in [3.05, 3.63) is 65.7 Å². The molecule has 2 heterocycles. The molecule has 6 heteroatoms. The van der Waals surface area contributed by atoms with E-state index in [2.05, 4.69) is 0 Å². The summed E-state index contributed by atoms with van der Waals surface area (Å²) in [6.07, 6.45) is -0.910. The van der Waals surface area contributed by atoms with Crippen LogP contribution in [0.4, 0.5) is 4.79 Å². The highest BCUT2D eigenvalue weighted by Crippen LogP contribution is 2.47. The van der Waals surface area contributed by atoms with E-state index in [1.807, 2.05) is 54.6 Å². The molecule has 0 aromatic heterocycles. The Bertz CT molecular complexity index is 837. The molecule has 2 aromatic carbocycles. The monoisotopic (exact) mass is 367 g/mol. The van der Waals surface area contributed by atoms with Crippen molar-refractivity contribution in [2.45, 2.75) is 25.7 Å². The molecule has 1 saturated heterocycles. The van der Waals surface area contributed by atoms with Gasteiger partial charge >= 0.3 is 12.1 Å². The minimum atomic E-state index is -0.536. The molecule has 4 rings (SSSR count). The van der Waals surface area contributed by atoms with E-state index in [0.717, 1.165) is 11.1 Å². The van der Waals surface area contributed by atoms with Crippen LogP contribution < -0.4 is 4.74 Å². The first-order valence-electron chi connectivity index (χ1n) is 9.08. The van der Waals surface area contributed by atoms with Crippen molar-refractivity contribution in [3.8, 4) is 5.75 Å². The first kappa shape index (κ1) is 17.4. The minimum absolute atomic E-state index is 0.181. The van der Waals surface area contributed by atoms with Gasteiger partial charge in [0.1, 0.15) is 30.4 Å². The zero-order valence-corrected chi connectivity index (χ0v) is 15.0. The van der Waals surface area contributed by atoms with Gasteiger partial charge in [0.25, 0.3) is 0 Å². The third-order valence-corrected chi connectivity index (χ3v) is 4.97. The van der Waals surface area contributed by atoms with Gasteiger partial charge in [-0.15, -0.1) is 0 Å². The summed E-state index contributed by atoms with van der Waals surface area (Å²) in [6, 6.07) is 16.7. The summed E-state index contributed by atoms with van der Waals surface area (Å²) in [5, 5.41) is 0. The zero-order valence-electron chi connectivity index (χ0n) is 15.0. The van der Waals surface area contributed by atoms with Gasteiger partial charge in [0, 0.05) is 12.1 Å². The predicted molar refractivity (Wildman–Crippen MR) is 97.1 cm³/mol. The maximum atomic E-state index is 12.8. The predicted octanol–water partition coefficient (Wildman–Crippen LogP) is 3.32. The molecule has 3 atom stereocenters. The van der Waals surface area contributed by atoms with Crippen LogP contribution in [0.3, 0.4) is 0 Å². The molecule has 0 unspecified atom stereocenters. The molecule has 0 aliphatic carbocycles. The molecular weight excluding hydrogens is 346 g/mol. The number of fused-ring (bicyclic) bond motifs is 3. The maximum Gasteiger partial charge on any atom is 0.410 e. The fourth-order valence-electron chi connectivity index (χ4n) is 3.75. The topological polar surface area (TPSA) is 65.1 Å². The van der Waals surface area contributed by atoms with Crippen molar-refractivity contribution in [1.82, 2.24) is 4.90 Å². The van der Waals surface area contributed by atoms with E-state index in [1.165, 1.54) is 0 Å². The van der Waals surface area contributed by atoms with Crippen LogP contribution in [0, 0.1) is 5.92 Å². The minimum Gasteiger partial charge on any atom is -0.487 e. The number of benzene rings is 2. The van der Waals surface area contributed by atoms with E-state index in [1.54, 1.807) is 11.8 Å². The number of esters is 1. The van der Waals surface area contributed by atoms with Gasteiger partial charge in [-0.05, 0) is 18.6 Å². The lowest BCUT2D eigenvalue weighted by molar-refractivity contribution is -0.149. The summed E-state index contributed by atoms with van der Waals surface area (Å²) < 4.78 is 16.7. The van der Waals surface area contributed by atoms with Gasteiger partial charge in [-0.1, -0.05) is 48.5 Å². The first-order valence-corrected chi connectivity index (χ1v) is 9.08. The van der Waals surface area contributed by atoms with Crippen molar-refractivity contribution >= 4 is 12.1 Å². The summed E-state index contributed by atoms with van der Waals surface area (Å²) in [6.45, 7) is 2.45. The average molecular weight is 367 g/mol. The normalized spacial score (nSPS) is 22.6. The zero-order chi connectivity index (χ0) is 18.8. The number of amides is 1. The number of carbonyl (C=O) groups is 2. The molecule has 2 aliphatic rings. The Balaban J connectivity index is 1.55. The van der Waals surface area contributed by atoms with E-state index in [0.29, 0.717) is 5.75 Å². The Morgan fingerprint density at radius 2 is 1.81 bits per heavy atom. The molecule has 140 valence electrons. The van der Waals surface area contributed by atoms with Crippen molar-refractivity contribution in [1.29, 1.82) is 0 Å². The van der Waals surface area contributed by atoms with Gasteiger partial charge in [-0.2, -0.15) is 0 Å². The highest BCUT2D eigenvalue weighted by molar-refractivity contribution is 5.78. The maximum absolute atomic E-state index is 12.8. The van der Waals surface area contributed by atoms with Crippen LogP contribution in [0.1, 0.15) is 24.1 Å². The highest BCUT2D eigenvalue weighted by atomic mass is 16.6. The molecule has 1 fully saturated rings. The summed E-state index contributed by atoms with van der Waals surface area (Å²) in [7, 11) is 0. The van der Waals surface area contributed by atoms with E-state index >= 15 is 0 Å². The second kappa shape index (κ2) is 7.31. The molecule has 1 amide bonds. The number of hydrogen-bond donors (Lipinski definition) is 0. The van der Waals surface area contributed by atoms with E-state index in [4.69, 9.17) is 14.2 Å². The standard InChI is InChI=1S/C21H21NO5/c1-2-25-20(23)16-12-22(21(24)26-13-14-8-4-3-5-9-14)18-15-10-6-7-11-17(15)27-19(16)18/h3-11,16,18-19H,2,12-13H2,1H3/t16-,18+,19+/m1/s1. The third-order valence-electron chi connectivity index (χ3n) is 4.97. The van der Waals surface area contributed by atoms with Crippen LogP contribution >= 0.6 is 0 Å². The lowest BCUT2D eigenvalue weighted by atomic mass is 9.99. The second-order valence-corrected chi connectivity index (χ2v) is 6.62. The van der Waals surface area contributed by atoms with Gasteiger partial charge in [-0.3, -0.25) is 9.69 Å². The van der Waals surface area contributed by atoms with E-state index < -0.39 is 18.1 Å². The van der Waals surface area contributed by atoms with Crippen LogP contribution in [0.25, 0.3) is 0 Å². The number of likely N-dealkylation sites (tertiary alicyclic amines) is 1. The van der Waals surface area contributed by atoms with Gasteiger partial charge in [0.2, 0.25) is 0 Å². The Morgan fingerprint density at radius 3 is 2.59 bits per heavy atom. The molecule has 2 aromatic rings. The van der Waals surface area contributed by atoms with Gasteiger partial charge < -0.3 is 14.2 Å². The summed E-state index contributed by atoms with van der Waals surface area (Å²) in [5.74, 6) is -0.187. The van der Waals surface area contributed by atoms with Crippen molar-refractivity contribution in [2.75, 3.05) is 13.2 Å². The van der Waals surface area contributed by atoms with Crippen LogP contribution in [0.2, 0.25) is 0 Å². The summed E-state index contributed by atoms with van der Waals surface area (Å²) in [4.78, 5) is 26.8. The van der Waals surface area contributed by atoms with Crippen LogP contribution in [-0.4, -0.2) is 36.2 Å². The Morgan fingerprint density at radius 1 is 1.07 bits per heavy atom. The summed E-state index contributed by atoms with van der Waals surface area (Å²) >= 11 is 0. The Hall–Kier alpha value is -3.02. The van der Waals surface area contributed by atoms with Crippen molar-refractivity contribution < 1.29 is 23.8 Å².